The van der Waals surface area contributed by atoms with Gasteiger partial charge >= 0.3 is 6.03 Å². The predicted molar refractivity (Wildman–Crippen MR) is 103 cm³/mol. The first-order chi connectivity index (χ1) is 12.6. The fraction of sp³-hybridized carbons (Fsp3) is 0.600. The number of urea groups is 1. The van der Waals surface area contributed by atoms with E-state index in [0.29, 0.717) is 18.6 Å². The van der Waals surface area contributed by atoms with Gasteiger partial charge < -0.3 is 15.2 Å². The SMILES string of the molecule is Cc1ccc2nc(CCNC(=O)N3CC(N4CCCC[C@@H]4C)C3)[nH]c2c1. The van der Waals surface area contributed by atoms with Crippen molar-refractivity contribution in [3.8, 4) is 0 Å². The molecule has 26 heavy (non-hydrogen) atoms. The van der Waals surface area contributed by atoms with Gasteiger partial charge in [0.2, 0.25) is 0 Å². The number of aromatic amines is 1. The molecule has 2 saturated heterocycles. The number of piperidine rings is 1. The molecule has 140 valence electrons. The van der Waals surface area contributed by atoms with Crippen LogP contribution in [0.1, 0.15) is 37.6 Å². The van der Waals surface area contributed by atoms with E-state index >= 15 is 0 Å². The number of amides is 2. The van der Waals surface area contributed by atoms with E-state index in [4.69, 9.17) is 0 Å². The van der Waals surface area contributed by atoms with Crippen LogP contribution in [0.4, 0.5) is 4.79 Å². The number of aryl methyl sites for hydroxylation is 1. The van der Waals surface area contributed by atoms with Crippen molar-refractivity contribution >= 4 is 17.1 Å². The number of carbonyl (C=O) groups excluding carboxylic acids is 1. The van der Waals surface area contributed by atoms with Crippen molar-refractivity contribution < 1.29 is 4.79 Å². The molecule has 2 fully saturated rings. The molecular weight excluding hydrogens is 326 g/mol. The van der Waals surface area contributed by atoms with Gasteiger partial charge in [-0.1, -0.05) is 12.5 Å². The van der Waals surface area contributed by atoms with E-state index in [-0.39, 0.29) is 6.03 Å². The second-order valence-corrected chi connectivity index (χ2v) is 7.83. The molecule has 2 aromatic rings. The molecule has 4 rings (SSSR count). The fourth-order valence-corrected chi connectivity index (χ4v) is 4.19. The Balaban J connectivity index is 1.22. The maximum atomic E-state index is 12.3. The zero-order chi connectivity index (χ0) is 18.1. The third kappa shape index (κ3) is 3.56. The van der Waals surface area contributed by atoms with Crippen molar-refractivity contribution in [2.75, 3.05) is 26.2 Å². The first-order valence-corrected chi connectivity index (χ1v) is 9.84. The molecule has 0 aliphatic carbocycles. The molecule has 2 aliphatic rings. The van der Waals surface area contributed by atoms with Crippen LogP contribution in [0.15, 0.2) is 18.2 Å². The molecular formula is C20H29N5O. The molecule has 0 unspecified atom stereocenters. The zero-order valence-corrected chi connectivity index (χ0v) is 15.8. The molecule has 1 aromatic heterocycles. The Labute approximate surface area is 155 Å². The van der Waals surface area contributed by atoms with Crippen LogP contribution in [0.3, 0.4) is 0 Å². The average Bonchev–Trinajstić information content (AvgIpc) is 2.97. The number of benzene rings is 1. The Hall–Kier alpha value is -2.08. The summed E-state index contributed by atoms with van der Waals surface area (Å²) in [5, 5.41) is 3.03. The molecule has 2 N–H and O–H groups in total. The average molecular weight is 355 g/mol. The van der Waals surface area contributed by atoms with Crippen molar-refractivity contribution in [3.05, 3.63) is 29.6 Å². The van der Waals surface area contributed by atoms with Crippen molar-refractivity contribution in [1.82, 2.24) is 25.1 Å². The standard InChI is InChI=1S/C20H29N5O/c1-14-6-7-17-18(11-14)23-19(22-17)8-9-21-20(26)24-12-16(13-24)25-10-4-3-5-15(25)2/h6-7,11,15-16H,3-5,8-10,12-13H2,1-2H3,(H,21,26)(H,22,23)/t15-/m0/s1. The summed E-state index contributed by atoms with van der Waals surface area (Å²) in [6.45, 7) is 7.91. The van der Waals surface area contributed by atoms with Crippen molar-refractivity contribution in [1.29, 1.82) is 0 Å². The number of aromatic nitrogens is 2. The van der Waals surface area contributed by atoms with Crippen LogP contribution in [0, 0.1) is 6.92 Å². The van der Waals surface area contributed by atoms with Crippen LogP contribution in [0.25, 0.3) is 11.0 Å². The Bertz CT molecular complexity index is 780. The number of likely N-dealkylation sites (tertiary alicyclic amines) is 2. The number of imidazole rings is 1. The number of nitrogens with zero attached hydrogens (tertiary/aromatic N) is 3. The Morgan fingerprint density at radius 2 is 2.19 bits per heavy atom. The molecule has 0 bridgehead atoms. The quantitative estimate of drug-likeness (QED) is 0.886. The maximum Gasteiger partial charge on any atom is 0.317 e. The minimum atomic E-state index is 0.0536. The highest BCUT2D eigenvalue weighted by atomic mass is 16.2. The Kier molecular flexibility index (Phi) is 4.85. The number of hydrogen-bond donors (Lipinski definition) is 2. The molecule has 0 saturated carbocycles. The third-order valence-electron chi connectivity index (χ3n) is 5.80. The van der Waals surface area contributed by atoms with Crippen LogP contribution < -0.4 is 5.32 Å². The van der Waals surface area contributed by atoms with Gasteiger partial charge in [-0.3, -0.25) is 4.90 Å². The predicted octanol–water partition coefficient (Wildman–Crippen LogP) is 2.68. The lowest BCUT2D eigenvalue weighted by Gasteiger charge is -2.49. The van der Waals surface area contributed by atoms with Gasteiger partial charge in [-0.2, -0.15) is 0 Å². The van der Waals surface area contributed by atoms with E-state index in [1.165, 1.54) is 31.4 Å². The van der Waals surface area contributed by atoms with E-state index in [9.17, 15) is 4.79 Å². The van der Waals surface area contributed by atoms with E-state index in [1.807, 2.05) is 11.0 Å². The highest BCUT2D eigenvalue weighted by molar-refractivity contribution is 5.76. The summed E-state index contributed by atoms with van der Waals surface area (Å²) >= 11 is 0. The van der Waals surface area contributed by atoms with Crippen molar-refractivity contribution in [2.24, 2.45) is 0 Å². The lowest BCUT2D eigenvalue weighted by atomic mass is 9.98. The zero-order valence-electron chi connectivity index (χ0n) is 15.8. The van der Waals surface area contributed by atoms with Gasteiger partial charge in [0.25, 0.3) is 0 Å². The van der Waals surface area contributed by atoms with Crippen LogP contribution >= 0.6 is 0 Å². The van der Waals surface area contributed by atoms with E-state index < -0.39 is 0 Å². The summed E-state index contributed by atoms with van der Waals surface area (Å²) in [6.07, 6.45) is 4.65. The molecule has 6 heteroatoms. The van der Waals surface area contributed by atoms with E-state index in [2.05, 4.69) is 46.2 Å². The molecule has 1 atom stereocenters. The molecule has 0 spiro atoms. The van der Waals surface area contributed by atoms with Gasteiger partial charge in [0, 0.05) is 38.1 Å². The number of rotatable bonds is 4. The second-order valence-electron chi connectivity index (χ2n) is 7.83. The van der Waals surface area contributed by atoms with E-state index in [1.54, 1.807) is 0 Å². The summed E-state index contributed by atoms with van der Waals surface area (Å²) in [4.78, 5) is 24.7. The van der Waals surface area contributed by atoms with Gasteiger partial charge in [-0.25, -0.2) is 9.78 Å². The molecule has 6 nitrogen and oxygen atoms in total. The Morgan fingerprint density at radius 1 is 1.35 bits per heavy atom. The summed E-state index contributed by atoms with van der Waals surface area (Å²) in [6, 6.07) is 7.47. The van der Waals surface area contributed by atoms with Crippen LogP contribution in [-0.2, 0) is 6.42 Å². The second kappa shape index (κ2) is 7.27. The van der Waals surface area contributed by atoms with Crippen LogP contribution in [-0.4, -0.2) is 64.1 Å². The highest BCUT2D eigenvalue weighted by Crippen LogP contribution is 2.24. The summed E-state index contributed by atoms with van der Waals surface area (Å²) < 4.78 is 0. The highest BCUT2D eigenvalue weighted by Gasteiger charge is 2.37. The number of hydrogen-bond acceptors (Lipinski definition) is 3. The molecule has 2 amide bonds. The number of nitrogens with one attached hydrogen (secondary N) is 2. The normalized spacial score (nSPS) is 21.8. The van der Waals surface area contributed by atoms with Crippen molar-refractivity contribution in [3.63, 3.8) is 0 Å². The first-order valence-electron chi connectivity index (χ1n) is 9.84. The Morgan fingerprint density at radius 3 is 3.00 bits per heavy atom. The topological polar surface area (TPSA) is 64.3 Å². The first kappa shape index (κ1) is 17.3. The van der Waals surface area contributed by atoms with Gasteiger partial charge in [-0.05, 0) is 50.9 Å². The number of carbonyl (C=O) groups is 1. The van der Waals surface area contributed by atoms with Gasteiger partial charge in [0.1, 0.15) is 5.82 Å². The lowest BCUT2D eigenvalue weighted by Crippen LogP contribution is -2.65. The molecule has 2 aliphatic heterocycles. The van der Waals surface area contributed by atoms with Crippen LogP contribution in [0.5, 0.6) is 0 Å². The van der Waals surface area contributed by atoms with E-state index in [0.717, 1.165) is 36.4 Å². The minimum Gasteiger partial charge on any atom is -0.342 e. The molecule has 0 radical (unpaired) electrons. The van der Waals surface area contributed by atoms with Crippen LogP contribution in [0.2, 0.25) is 0 Å². The lowest BCUT2D eigenvalue weighted by molar-refractivity contribution is 0.0170. The summed E-state index contributed by atoms with van der Waals surface area (Å²) in [7, 11) is 0. The number of fused-ring (bicyclic) bond motifs is 1. The monoisotopic (exact) mass is 355 g/mol. The molecule has 3 heterocycles. The summed E-state index contributed by atoms with van der Waals surface area (Å²) in [5.74, 6) is 0.925. The van der Waals surface area contributed by atoms with Gasteiger partial charge in [-0.15, -0.1) is 0 Å². The fourth-order valence-electron chi connectivity index (χ4n) is 4.19. The molecule has 1 aromatic carbocycles. The van der Waals surface area contributed by atoms with Gasteiger partial charge in [0.05, 0.1) is 11.0 Å². The minimum absolute atomic E-state index is 0.0536. The van der Waals surface area contributed by atoms with Gasteiger partial charge in [0.15, 0.2) is 0 Å². The maximum absolute atomic E-state index is 12.3. The summed E-state index contributed by atoms with van der Waals surface area (Å²) in [5.41, 5.74) is 3.27. The third-order valence-corrected chi connectivity index (χ3v) is 5.80. The van der Waals surface area contributed by atoms with Crippen molar-refractivity contribution in [2.45, 2.75) is 51.6 Å². The largest absolute Gasteiger partial charge is 0.342 e. The smallest absolute Gasteiger partial charge is 0.317 e. The number of H-pyrrole nitrogens is 1.